The van der Waals surface area contributed by atoms with Crippen molar-refractivity contribution in [1.82, 2.24) is 4.90 Å². The van der Waals surface area contributed by atoms with Crippen LogP contribution < -0.4 is 0 Å². The molecule has 1 atom stereocenters. The van der Waals surface area contributed by atoms with Crippen LogP contribution in [0.2, 0.25) is 0 Å². The summed E-state index contributed by atoms with van der Waals surface area (Å²) in [6.07, 6.45) is -6.56. The number of benzene rings is 1. The molecule has 0 aromatic heterocycles. The minimum absolute atomic E-state index is 0.165. The summed E-state index contributed by atoms with van der Waals surface area (Å²) in [5.74, 6) is -0.998. The lowest BCUT2D eigenvalue weighted by Crippen LogP contribution is -2.45. The number of piperidine rings is 1. The number of hydrogen-bond donors (Lipinski definition) is 1. The van der Waals surface area contributed by atoms with Gasteiger partial charge in [-0.15, -0.1) is 0 Å². The maximum atomic E-state index is 12.5. The molecule has 1 saturated heterocycles. The number of alkyl halides is 3. The molecule has 21 heavy (non-hydrogen) atoms. The van der Waals surface area contributed by atoms with Crippen LogP contribution in [-0.2, 0) is 0 Å². The van der Waals surface area contributed by atoms with Crippen molar-refractivity contribution in [2.75, 3.05) is 13.1 Å². The molecule has 0 aliphatic carbocycles. The van der Waals surface area contributed by atoms with Gasteiger partial charge in [0, 0.05) is 18.7 Å². The van der Waals surface area contributed by atoms with Crippen molar-refractivity contribution in [3.05, 3.63) is 35.4 Å². The summed E-state index contributed by atoms with van der Waals surface area (Å²) in [5, 5.41) is 9.25. The number of hydrogen-bond acceptors (Lipinski definition) is 2. The van der Waals surface area contributed by atoms with Gasteiger partial charge in [-0.25, -0.2) is 0 Å². The molecule has 1 aliphatic heterocycles. The van der Waals surface area contributed by atoms with Crippen LogP contribution in [0.25, 0.3) is 0 Å². The van der Waals surface area contributed by atoms with Gasteiger partial charge in [0.15, 0.2) is 6.10 Å². The Morgan fingerprint density at radius 2 is 1.76 bits per heavy atom. The zero-order valence-electron chi connectivity index (χ0n) is 11.7. The smallest absolute Gasteiger partial charge is 0.383 e. The molecule has 2 rings (SSSR count). The van der Waals surface area contributed by atoms with E-state index in [0.29, 0.717) is 5.56 Å². The van der Waals surface area contributed by atoms with Gasteiger partial charge < -0.3 is 10.0 Å². The fraction of sp³-hybridized carbons (Fsp3) is 0.533. The number of rotatable bonds is 2. The Labute approximate surface area is 121 Å². The van der Waals surface area contributed by atoms with Crippen molar-refractivity contribution in [2.24, 2.45) is 5.92 Å². The van der Waals surface area contributed by atoms with Crippen molar-refractivity contribution in [2.45, 2.75) is 32.0 Å². The van der Waals surface area contributed by atoms with Crippen molar-refractivity contribution in [3.8, 4) is 0 Å². The summed E-state index contributed by atoms with van der Waals surface area (Å²) in [4.78, 5) is 13.8. The molecule has 0 bridgehead atoms. The fourth-order valence-electron chi connectivity index (χ4n) is 2.56. The standard InChI is InChI=1S/C15H18F3NO2/c1-10-2-4-12(5-3-10)14(21)19-8-6-11(7-9-19)13(20)15(16,17)18/h2-5,11,13,20H,6-9H2,1H3. The first kappa shape index (κ1) is 15.8. The normalized spacial score (nSPS) is 18.6. The van der Waals surface area contributed by atoms with Gasteiger partial charge in [-0.2, -0.15) is 13.2 Å². The average Bonchev–Trinajstić information content (AvgIpc) is 2.46. The van der Waals surface area contributed by atoms with Crippen molar-refractivity contribution < 1.29 is 23.1 Å². The molecule has 1 unspecified atom stereocenters. The highest BCUT2D eigenvalue weighted by atomic mass is 19.4. The Kier molecular flexibility index (Phi) is 4.56. The quantitative estimate of drug-likeness (QED) is 0.912. The van der Waals surface area contributed by atoms with Crippen LogP contribution in [0.1, 0.15) is 28.8 Å². The molecule has 3 nitrogen and oxygen atoms in total. The molecule has 1 amide bonds. The minimum atomic E-state index is -4.59. The Balaban J connectivity index is 1.95. The molecule has 1 aromatic rings. The van der Waals surface area contributed by atoms with E-state index in [0.717, 1.165) is 5.56 Å². The Bertz CT molecular complexity index is 491. The summed E-state index contributed by atoms with van der Waals surface area (Å²) < 4.78 is 37.4. The van der Waals surface area contributed by atoms with Crippen molar-refractivity contribution >= 4 is 5.91 Å². The van der Waals surface area contributed by atoms with Gasteiger partial charge in [0.25, 0.3) is 5.91 Å². The van der Waals surface area contributed by atoms with Gasteiger partial charge in [0.2, 0.25) is 0 Å². The van der Waals surface area contributed by atoms with Crippen LogP contribution in [0.4, 0.5) is 13.2 Å². The third-order valence-corrected chi connectivity index (χ3v) is 3.91. The predicted octanol–water partition coefficient (Wildman–Crippen LogP) is 2.77. The van der Waals surface area contributed by atoms with Crippen molar-refractivity contribution in [3.63, 3.8) is 0 Å². The van der Waals surface area contributed by atoms with Gasteiger partial charge in [0.05, 0.1) is 0 Å². The highest BCUT2D eigenvalue weighted by molar-refractivity contribution is 5.94. The Hall–Kier alpha value is -1.56. The van der Waals surface area contributed by atoms with Crippen LogP contribution in [0.15, 0.2) is 24.3 Å². The van der Waals surface area contributed by atoms with E-state index < -0.39 is 18.2 Å². The second-order valence-electron chi connectivity index (χ2n) is 5.48. The average molecular weight is 301 g/mol. The third kappa shape index (κ3) is 3.75. The minimum Gasteiger partial charge on any atom is -0.383 e. The maximum absolute atomic E-state index is 12.5. The van der Waals surface area contributed by atoms with E-state index in [1.54, 1.807) is 17.0 Å². The van der Waals surface area contributed by atoms with Gasteiger partial charge in [-0.05, 0) is 37.8 Å². The monoisotopic (exact) mass is 301 g/mol. The lowest BCUT2D eigenvalue weighted by molar-refractivity contribution is -0.222. The van der Waals surface area contributed by atoms with E-state index in [2.05, 4.69) is 0 Å². The first-order valence-corrected chi connectivity index (χ1v) is 6.90. The number of likely N-dealkylation sites (tertiary alicyclic amines) is 1. The molecule has 1 aromatic carbocycles. The fourth-order valence-corrected chi connectivity index (χ4v) is 2.56. The lowest BCUT2D eigenvalue weighted by Gasteiger charge is -2.34. The Morgan fingerprint density at radius 3 is 2.24 bits per heavy atom. The number of amides is 1. The zero-order valence-corrected chi connectivity index (χ0v) is 11.7. The highest BCUT2D eigenvalue weighted by Gasteiger charge is 2.44. The number of aliphatic hydroxyl groups excluding tert-OH is 1. The summed E-state index contributed by atoms with van der Waals surface area (Å²) in [7, 11) is 0. The maximum Gasteiger partial charge on any atom is 0.414 e. The molecule has 6 heteroatoms. The summed E-state index contributed by atoms with van der Waals surface area (Å²) in [5.41, 5.74) is 1.58. The number of carbonyl (C=O) groups is 1. The van der Waals surface area contributed by atoms with Gasteiger partial charge in [-0.3, -0.25) is 4.79 Å². The number of aliphatic hydroxyl groups is 1. The van der Waals surface area contributed by atoms with Crippen LogP contribution in [0.3, 0.4) is 0 Å². The molecule has 1 heterocycles. The molecule has 0 radical (unpaired) electrons. The molecule has 1 N–H and O–H groups in total. The van der Waals surface area contributed by atoms with Gasteiger partial charge in [-0.1, -0.05) is 17.7 Å². The first-order chi connectivity index (χ1) is 9.79. The predicted molar refractivity (Wildman–Crippen MR) is 71.9 cm³/mol. The first-order valence-electron chi connectivity index (χ1n) is 6.90. The number of carbonyl (C=O) groups excluding carboxylic acids is 1. The highest BCUT2D eigenvalue weighted by Crippen LogP contribution is 2.31. The number of nitrogens with zero attached hydrogens (tertiary/aromatic N) is 1. The summed E-state index contributed by atoms with van der Waals surface area (Å²) in [6, 6.07) is 7.09. The molecule has 0 spiro atoms. The number of halogens is 3. The van der Waals surface area contributed by atoms with Crippen LogP contribution in [-0.4, -0.2) is 41.3 Å². The molecule has 0 saturated carbocycles. The van der Waals surface area contributed by atoms with Crippen molar-refractivity contribution in [1.29, 1.82) is 0 Å². The lowest BCUT2D eigenvalue weighted by atomic mass is 9.90. The largest absolute Gasteiger partial charge is 0.414 e. The Morgan fingerprint density at radius 1 is 1.24 bits per heavy atom. The zero-order chi connectivity index (χ0) is 15.6. The summed E-state index contributed by atoms with van der Waals surface area (Å²) >= 11 is 0. The van der Waals surface area contributed by atoms with Crippen LogP contribution in [0, 0.1) is 12.8 Å². The second kappa shape index (κ2) is 6.05. The van der Waals surface area contributed by atoms with Crippen LogP contribution in [0.5, 0.6) is 0 Å². The molecular weight excluding hydrogens is 283 g/mol. The molecule has 1 aliphatic rings. The van der Waals surface area contributed by atoms with Gasteiger partial charge in [0.1, 0.15) is 0 Å². The van der Waals surface area contributed by atoms with Crippen LogP contribution >= 0.6 is 0 Å². The number of aryl methyl sites for hydroxylation is 1. The van der Waals surface area contributed by atoms with Gasteiger partial charge >= 0.3 is 6.18 Å². The molecule has 116 valence electrons. The van der Waals surface area contributed by atoms with E-state index in [9.17, 15) is 23.1 Å². The van der Waals surface area contributed by atoms with E-state index in [1.807, 2.05) is 19.1 Å². The SMILES string of the molecule is Cc1ccc(C(=O)N2CCC(C(O)C(F)(F)F)CC2)cc1. The second-order valence-corrected chi connectivity index (χ2v) is 5.48. The molecule has 1 fully saturated rings. The van der Waals surface area contributed by atoms with E-state index in [4.69, 9.17) is 0 Å². The molecular formula is C15H18F3NO2. The van der Waals surface area contributed by atoms with E-state index >= 15 is 0 Å². The summed E-state index contributed by atoms with van der Waals surface area (Å²) in [6.45, 7) is 2.40. The van der Waals surface area contributed by atoms with E-state index in [1.165, 1.54) is 0 Å². The van der Waals surface area contributed by atoms with E-state index in [-0.39, 0.29) is 31.8 Å². The topological polar surface area (TPSA) is 40.5 Å². The third-order valence-electron chi connectivity index (χ3n) is 3.91.